The van der Waals surface area contributed by atoms with Gasteiger partial charge >= 0.3 is 66.6 Å². The monoisotopic (exact) mass is 1090 g/mol. The van der Waals surface area contributed by atoms with Gasteiger partial charge < -0.3 is 0 Å². The molecule has 0 spiro atoms. The summed E-state index contributed by atoms with van der Waals surface area (Å²) < 4.78 is 4.99. The van der Waals surface area contributed by atoms with Gasteiger partial charge in [-0.25, -0.2) is 0 Å². The molecule has 4 atom stereocenters. The number of rotatable bonds is 1. The standard InChI is InChI=1S/C5H9NO3Se.3Ac.Au/c6-1-2-3(7)4(8)5(10)9-2;;;;/h2-8H,1H2;;;;/q-1;;;;. The summed E-state index contributed by atoms with van der Waals surface area (Å²) in [4.78, 5) is 0. The topological polar surface area (TPSA) is 73.5 Å². The van der Waals surface area contributed by atoms with E-state index in [4.69, 9.17) is 20.7 Å². The molecule has 0 aliphatic carbocycles. The van der Waals surface area contributed by atoms with Crippen molar-refractivity contribution in [1.29, 1.82) is 0 Å². The number of aliphatic hydroxyl groups is 2. The molecule has 4 unspecified atom stereocenters. The molecule has 9 heteroatoms. The van der Waals surface area contributed by atoms with E-state index in [0.717, 1.165) is 0 Å². The molecule has 1 heterocycles. The van der Waals surface area contributed by atoms with Crippen molar-refractivity contribution in [2.75, 3.05) is 6.54 Å². The van der Waals surface area contributed by atoms with E-state index in [1.807, 2.05) is 0 Å². The summed E-state index contributed by atoms with van der Waals surface area (Å²) in [5, 5.41) is 17.7. The Bertz CT molecular complexity index is 139. The van der Waals surface area contributed by atoms with E-state index in [1.54, 1.807) is 0 Å². The van der Waals surface area contributed by atoms with Crippen LogP contribution < -0.4 is 0 Å². The van der Waals surface area contributed by atoms with Crippen LogP contribution in [0.2, 0.25) is 0 Å². The number of hydrogen-bond donors (Lipinski definition) is 2. The Labute approximate surface area is 215 Å². The Kier molecular flexibility index (Phi) is 29.3. The van der Waals surface area contributed by atoms with Crippen LogP contribution in [0.15, 0.2) is 0 Å². The van der Waals surface area contributed by atoms with Crippen molar-refractivity contribution in [2.45, 2.75) is 23.3 Å². The van der Waals surface area contributed by atoms with Crippen molar-refractivity contribution in [3.63, 3.8) is 0 Å². The van der Waals surface area contributed by atoms with Crippen molar-refractivity contribution in [3.8, 4) is 0 Å². The van der Waals surface area contributed by atoms with Gasteiger partial charge in [-0.15, -0.1) is 0 Å². The zero-order chi connectivity index (χ0) is 7.72. The van der Waals surface area contributed by atoms with Gasteiger partial charge in [0.05, 0.1) is 0 Å². The van der Waals surface area contributed by atoms with E-state index in [1.165, 1.54) is 0 Å². The fraction of sp³-hybridized carbons (Fsp3) is 1.00. The van der Waals surface area contributed by atoms with E-state index in [2.05, 4.69) is 16.0 Å². The molecule has 1 fully saturated rings. The minimum absolute atomic E-state index is 0. The van der Waals surface area contributed by atoms with Crippen LogP contribution in [0.1, 0.15) is 0 Å². The van der Waals surface area contributed by atoms with Crippen LogP contribution in [0.4, 0.5) is 0 Å². The molecule has 4 nitrogen and oxygen atoms in total. The van der Waals surface area contributed by atoms with Gasteiger partial charge in [0, 0.05) is 155 Å². The summed E-state index contributed by atoms with van der Waals surface area (Å²) in [5.74, 6) is 0. The van der Waals surface area contributed by atoms with Crippen LogP contribution in [0.25, 0.3) is 5.73 Å². The molecule has 0 amide bonds. The third-order valence-corrected chi connectivity index (χ3v) is 2.34. The van der Waals surface area contributed by atoms with Crippen LogP contribution in [-0.4, -0.2) is 56.1 Å². The van der Waals surface area contributed by atoms with Gasteiger partial charge in [-0.05, 0) is 0 Å². The van der Waals surface area contributed by atoms with Gasteiger partial charge in [-0.3, -0.25) is 0 Å². The van der Waals surface area contributed by atoms with Gasteiger partial charge in [0.2, 0.25) is 0 Å². The summed E-state index contributed by atoms with van der Waals surface area (Å²) in [6, 6.07) is 0. The number of hydrogen-bond acceptors (Lipinski definition) is 3. The molecule has 0 saturated carbocycles. The zero-order valence-electron chi connectivity index (χ0n) is 7.26. The van der Waals surface area contributed by atoms with Crippen molar-refractivity contribution in [2.24, 2.45) is 0 Å². The van der Waals surface area contributed by atoms with E-state index in [9.17, 15) is 0 Å². The second-order valence-electron chi connectivity index (χ2n) is 2.23. The van der Waals surface area contributed by atoms with E-state index in [0.29, 0.717) is 0 Å². The minimum atomic E-state index is -0.913. The van der Waals surface area contributed by atoms with E-state index >= 15 is 0 Å². The van der Waals surface area contributed by atoms with Crippen molar-refractivity contribution in [3.05, 3.63) is 5.73 Å². The van der Waals surface area contributed by atoms with Crippen LogP contribution in [0.3, 0.4) is 0 Å². The third-order valence-electron chi connectivity index (χ3n) is 1.52. The molecule has 1 saturated heterocycles. The molecule has 0 aromatic heterocycles. The Morgan fingerprint density at radius 1 is 1.14 bits per heavy atom. The molecule has 0 aromatic carbocycles. The second kappa shape index (κ2) is 14.8. The number of nitrogens with one attached hydrogen (secondary N) is 1. The van der Waals surface area contributed by atoms with E-state index < -0.39 is 23.3 Å². The second-order valence-corrected chi connectivity index (χ2v) is 3.20. The molecule has 1 aliphatic heterocycles. The Balaban J connectivity index is -0.000000125. The van der Waals surface area contributed by atoms with Crippen molar-refractivity contribution in [1.82, 2.24) is 0 Å². The first kappa shape index (κ1) is 27.7. The normalized spacial score (nSPS) is 34.3. The Morgan fingerprint density at radius 3 is 1.71 bits per heavy atom. The Morgan fingerprint density at radius 2 is 1.57 bits per heavy atom. The molecule has 5 radical (unpaired) electrons. The molecule has 0 aromatic rings. The molecule has 79 valence electrons. The van der Waals surface area contributed by atoms with E-state index in [-0.39, 0.29) is 161 Å². The number of aliphatic hydroxyl groups excluding tert-OH is 2. The predicted octanol–water partition coefficient (Wildman–Crippen LogP) is -1.35. The molecule has 0 bridgehead atoms. The quantitative estimate of drug-likeness (QED) is 0.320. The average molecular weight is 1090 g/mol. The third kappa shape index (κ3) is 8.57. The SMILES string of the molecule is [Ac].[Ac].[Ac].[Au].[NH-]CC1OC([Se])C(O)C1O. The average Bonchev–Trinajstić information content (AvgIpc) is 2.17. The van der Waals surface area contributed by atoms with Gasteiger partial charge in [-0.2, -0.15) is 0 Å². The van der Waals surface area contributed by atoms with Crippen molar-refractivity contribution >= 4 is 16.0 Å². The maximum atomic E-state index is 9.11. The summed E-state index contributed by atoms with van der Waals surface area (Å²) in [6.07, 6.45) is -2.33. The summed E-state index contributed by atoms with van der Waals surface area (Å²) in [5.41, 5.74) is 6.90. The summed E-state index contributed by atoms with van der Waals surface area (Å²) >= 11 is 2.57. The van der Waals surface area contributed by atoms with Crippen LogP contribution in [0, 0.1) is 132 Å². The van der Waals surface area contributed by atoms with Gasteiger partial charge in [0.1, 0.15) is 0 Å². The molecular formula is C5H9Ac3AuNO3Se-. The number of ether oxygens (including phenoxy) is 1. The first-order valence-corrected chi connectivity index (χ1v) is 3.97. The molecule has 1 aliphatic rings. The van der Waals surface area contributed by atoms with Gasteiger partial charge in [-0.1, -0.05) is 0 Å². The van der Waals surface area contributed by atoms with Crippen LogP contribution >= 0.6 is 0 Å². The fourth-order valence-electron chi connectivity index (χ4n) is 0.883. The molecule has 14 heavy (non-hydrogen) atoms. The zero-order valence-corrected chi connectivity index (χ0v) is 25.4. The van der Waals surface area contributed by atoms with Crippen LogP contribution in [0.5, 0.6) is 0 Å². The van der Waals surface area contributed by atoms with Crippen molar-refractivity contribution < 1.29 is 170 Å². The predicted molar refractivity (Wildman–Crippen MR) is 35.6 cm³/mol. The summed E-state index contributed by atoms with van der Waals surface area (Å²) in [7, 11) is 0. The Hall–Kier alpha value is 5.42. The maximum absolute atomic E-state index is 9.11. The molecular weight excluding hydrogens is 1080 g/mol. The summed E-state index contributed by atoms with van der Waals surface area (Å²) in [6.45, 7) is -0.0175. The van der Waals surface area contributed by atoms with Crippen LogP contribution in [-0.2, 0) is 27.1 Å². The molecule has 3 N–H and O–H groups in total. The first-order valence-electron chi connectivity index (χ1n) is 2.99. The molecule has 1 rings (SSSR count). The fourth-order valence-corrected chi connectivity index (χ4v) is 1.52. The van der Waals surface area contributed by atoms with Gasteiger partial charge in [0.15, 0.2) is 0 Å². The first-order chi connectivity index (χ1) is 4.66. The van der Waals surface area contributed by atoms with Gasteiger partial charge in [0.25, 0.3) is 0 Å².